The molecular weight excluding hydrogens is 257 g/mol. The molecule has 1 aliphatic carbocycles. The minimum Gasteiger partial charge on any atom is -0.397 e. The van der Waals surface area contributed by atoms with Crippen molar-refractivity contribution >= 4 is 28.7 Å². The van der Waals surface area contributed by atoms with Crippen molar-refractivity contribution in [2.75, 3.05) is 23.3 Å². The molecule has 100 valence electrons. The molecule has 1 saturated carbocycles. The zero-order chi connectivity index (χ0) is 13.3. The Balaban J connectivity index is 2.07. The van der Waals surface area contributed by atoms with E-state index in [2.05, 4.69) is 5.32 Å². The number of rotatable bonds is 3. The highest BCUT2D eigenvalue weighted by Crippen LogP contribution is 2.34. The fraction of sp³-hybridized carbons (Fsp3) is 0.500. The van der Waals surface area contributed by atoms with E-state index >= 15 is 0 Å². The van der Waals surface area contributed by atoms with Gasteiger partial charge < -0.3 is 21.9 Å². The summed E-state index contributed by atoms with van der Waals surface area (Å²) in [6.45, 7) is 0.568. The Bertz CT molecular complexity index is 455. The molecule has 0 saturated heterocycles. The van der Waals surface area contributed by atoms with Crippen LogP contribution in [0.3, 0.4) is 0 Å². The lowest BCUT2D eigenvalue weighted by Gasteiger charge is -2.16. The maximum atomic E-state index is 13.9. The highest BCUT2D eigenvalue weighted by molar-refractivity contribution is 6.33. The number of nitrogens with one attached hydrogen (secondary N) is 1. The fourth-order valence-corrected chi connectivity index (χ4v) is 2.48. The van der Waals surface area contributed by atoms with Crippen LogP contribution in [0.4, 0.5) is 21.5 Å². The molecule has 0 heterocycles. The van der Waals surface area contributed by atoms with Crippen molar-refractivity contribution in [2.45, 2.75) is 25.4 Å². The summed E-state index contributed by atoms with van der Waals surface area (Å²) in [5.74, 6) is -0.289. The lowest BCUT2D eigenvalue weighted by atomic mass is 10.1. The second-order valence-corrected chi connectivity index (χ2v) is 5.15. The van der Waals surface area contributed by atoms with Crippen LogP contribution in [0.25, 0.3) is 0 Å². The van der Waals surface area contributed by atoms with Gasteiger partial charge in [-0.3, -0.25) is 0 Å². The Morgan fingerprint density at radius 2 is 2.11 bits per heavy atom. The number of aliphatic hydroxyl groups excluding tert-OH is 1. The molecule has 2 unspecified atom stereocenters. The molecule has 0 aromatic heterocycles. The van der Waals surface area contributed by atoms with Crippen LogP contribution in [0.15, 0.2) is 6.07 Å². The van der Waals surface area contributed by atoms with E-state index in [1.165, 1.54) is 6.07 Å². The number of hydrogen-bond donors (Lipinski definition) is 4. The molecule has 1 aromatic carbocycles. The van der Waals surface area contributed by atoms with Crippen LogP contribution in [0.5, 0.6) is 0 Å². The average Bonchev–Trinajstić information content (AvgIpc) is 2.72. The predicted octanol–water partition coefficient (Wildman–Crippen LogP) is 2.22. The van der Waals surface area contributed by atoms with Crippen molar-refractivity contribution in [3.63, 3.8) is 0 Å². The summed E-state index contributed by atoms with van der Waals surface area (Å²) in [6, 6.07) is 1.44. The molecule has 0 radical (unpaired) electrons. The van der Waals surface area contributed by atoms with Gasteiger partial charge in [-0.25, -0.2) is 4.39 Å². The molecule has 0 aliphatic heterocycles. The largest absolute Gasteiger partial charge is 0.397 e. The first-order valence-corrected chi connectivity index (χ1v) is 6.31. The molecule has 0 spiro atoms. The van der Waals surface area contributed by atoms with Crippen LogP contribution in [0.1, 0.15) is 19.3 Å². The minimum absolute atomic E-state index is 0.113. The SMILES string of the molecule is Nc1cc(N)c(NCC2CCC(O)C2)c(F)c1Cl. The summed E-state index contributed by atoms with van der Waals surface area (Å²) < 4.78 is 13.9. The second kappa shape index (κ2) is 5.20. The maximum Gasteiger partial charge on any atom is 0.169 e. The van der Waals surface area contributed by atoms with Crippen molar-refractivity contribution in [1.82, 2.24) is 0 Å². The van der Waals surface area contributed by atoms with Crippen molar-refractivity contribution < 1.29 is 9.50 Å². The van der Waals surface area contributed by atoms with E-state index in [0.29, 0.717) is 12.5 Å². The number of nitrogens with two attached hydrogens (primary N) is 2. The topological polar surface area (TPSA) is 84.3 Å². The Labute approximate surface area is 110 Å². The quantitative estimate of drug-likeness (QED) is 0.636. The van der Waals surface area contributed by atoms with Gasteiger partial charge in [0.25, 0.3) is 0 Å². The van der Waals surface area contributed by atoms with Gasteiger partial charge in [-0.15, -0.1) is 0 Å². The van der Waals surface area contributed by atoms with Gasteiger partial charge in [-0.1, -0.05) is 11.6 Å². The Kier molecular flexibility index (Phi) is 3.82. The highest BCUT2D eigenvalue weighted by Gasteiger charge is 2.23. The van der Waals surface area contributed by atoms with E-state index in [9.17, 15) is 9.50 Å². The summed E-state index contributed by atoms with van der Waals surface area (Å²) in [7, 11) is 0. The summed E-state index contributed by atoms with van der Waals surface area (Å²) >= 11 is 5.74. The van der Waals surface area contributed by atoms with E-state index in [-0.39, 0.29) is 28.2 Å². The standard InChI is InChI=1S/C12H17ClFN3O/c13-10-8(15)4-9(16)12(11(10)14)17-5-6-1-2-7(18)3-6/h4,6-7,17-18H,1-3,5,15-16H2. The number of anilines is 3. The van der Waals surface area contributed by atoms with Gasteiger partial charge in [-0.05, 0) is 31.2 Å². The van der Waals surface area contributed by atoms with Gasteiger partial charge in [0.05, 0.1) is 23.2 Å². The third kappa shape index (κ3) is 2.62. The molecule has 1 fully saturated rings. The van der Waals surface area contributed by atoms with Crippen molar-refractivity contribution in [3.8, 4) is 0 Å². The molecule has 0 bridgehead atoms. The lowest BCUT2D eigenvalue weighted by Crippen LogP contribution is -2.15. The van der Waals surface area contributed by atoms with Crippen LogP contribution in [0.2, 0.25) is 5.02 Å². The summed E-state index contributed by atoms with van der Waals surface area (Å²) in [5, 5.41) is 12.3. The third-order valence-electron chi connectivity index (χ3n) is 3.35. The zero-order valence-electron chi connectivity index (χ0n) is 9.92. The van der Waals surface area contributed by atoms with Gasteiger partial charge in [0.2, 0.25) is 0 Å². The van der Waals surface area contributed by atoms with Gasteiger partial charge in [0.15, 0.2) is 5.82 Å². The monoisotopic (exact) mass is 273 g/mol. The van der Waals surface area contributed by atoms with E-state index in [0.717, 1.165) is 19.3 Å². The Morgan fingerprint density at radius 3 is 2.72 bits per heavy atom. The zero-order valence-corrected chi connectivity index (χ0v) is 10.7. The smallest absolute Gasteiger partial charge is 0.169 e. The molecule has 0 amide bonds. The van der Waals surface area contributed by atoms with Gasteiger partial charge in [0.1, 0.15) is 5.02 Å². The van der Waals surface area contributed by atoms with Crippen LogP contribution in [-0.2, 0) is 0 Å². The van der Waals surface area contributed by atoms with Crippen LogP contribution in [-0.4, -0.2) is 17.8 Å². The molecule has 18 heavy (non-hydrogen) atoms. The van der Waals surface area contributed by atoms with Gasteiger partial charge in [-0.2, -0.15) is 0 Å². The number of benzene rings is 1. The summed E-state index contributed by atoms with van der Waals surface area (Å²) in [4.78, 5) is 0. The first kappa shape index (κ1) is 13.2. The molecule has 2 rings (SSSR count). The average molecular weight is 274 g/mol. The second-order valence-electron chi connectivity index (χ2n) is 4.77. The number of hydrogen-bond acceptors (Lipinski definition) is 4. The first-order valence-electron chi connectivity index (χ1n) is 5.94. The van der Waals surface area contributed by atoms with Crippen LogP contribution >= 0.6 is 11.6 Å². The molecular formula is C12H17ClFN3O. The predicted molar refractivity (Wildman–Crippen MR) is 72.1 cm³/mol. The van der Waals surface area contributed by atoms with Gasteiger partial charge >= 0.3 is 0 Å². The number of nitrogen functional groups attached to an aromatic ring is 2. The van der Waals surface area contributed by atoms with E-state index in [4.69, 9.17) is 23.1 Å². The number of aliphatic hydroxyl groups is 1. The van der Waals surface area contributed by atoms with Crippen molar-refractivity contribution in [2.24, 2.45) is 5.92 Å². The normalized spacial score (nSPS) is 23.3. The highest BCUT2D eigenvalue weighted by atomic mass is 35.5. The van der Waals surface area contributed by atoms with Crippen molar-refractivity contribution in [3.05, 3.63) is 16.9 Å². The molecule has 2 atom stereocenters. The summed E-state index contributed by atoms with van der Waals surface area (Å²) in [6.07, 6.45) is 2.22. The molecule has 6 heteroatoms. The van der Waals surface area contributed by atoms with Gasteiger partial charge in [0, 0.05) is 6.54 Å². The Hall–Kier alpha value is -1.20. The molecule has 1 aliphatic rings. The van der Waals surface area contributed by atoms with Crippen LogP contribution < -0.4 is 16.8 Å². The van der Waals surface area contributed by atoms with E-state index in [1.807, 2.05) is 0 Å². The fourth-order valence-electron chi connectivity index (χ4n) is 2.33. The third-order valence-corrected chi connectivity index (χ3v) is 3.73. The summed E-state index contributed by atoms with van der Waals surface area (Å²) in [5.41, 5.74) is 11.8. The lowest BCUT2D eigenvalue weighted by molar-refractivity contribution is 0.178. The Morgan fingerprint density at radius 1 is 1.39 bits per heavy atom. The van der Waals surface area contributed by atoms with Crippen molar-refractivity contribution in [1.29, 1.82) is 0 Å². The molecule has 4 nitrogen and oxygen atoms in total. The maximum absolute atomic E-state index is 13.9. The minimum atomic E-state index is -0.618. The molecule has 6 N–H and O–H groups in total. The van der Waals surface area contributed by atoms with E-state index < -0.39 is 5.82 Å². The first-order chi connectivity index (χ1) is 8.49. The number of halogens is 2. The van der Waals surface area contributed by atoms with Crippen LogP contribution in [0, 0.1) is 11.7 Å². The van der Waals surface area contributed by atoms with E-state index in [1.54, 1.807) is 0 Å². The molecule has 1 aromatic rings.